The SMILES string of the molecule is CCS(=O)(=O)c1ccc(Cl)cc1Cn1c(=O)[nH]c2cc(CN3CCN(C(C)C)CC3)c(OC(F)(F)F)cc2c1=O. The van der Waals surface area contributed by atoms with E-state index in [0.29, 0.717) is 19.1 Å². The minimum atomic E-state index is -5.01. The number of alkyl halides is 3. The number of aromatic amines is 1. The number of nitrogens with one attached hydrogen (secondary N) is 1. The lowest BCUT2D eigenvalue weighted by Gasteiger charge is -2.37. The highest BCUT2D eigenvalue weighted by molar-refractivity contribution is 7.91. The number of aromatic nitrogens is 2. The molecule has 3 aromatic rings. The van der Waals surface area contributed by atoms with Gasteiger partial charge in [0.05, 0.1) is 28.1 Å². The molecule has 2 heterocycles. The molecular formula is C26H30ClF3N4O5S. The summed E-state index contributed by atoms with van der Waals surface area (Å²) in [7, 11) is -3.73. The van der Waals surface area contributed by atoms with Gasteiger partial charge in [-0.2, -0.15) is 0 Å². The monoisotopic (exact) mass is 602 g/mol. The van der Waals surface area contributed by atoms with E-state index in [-0.39, 0.29) is 44.2 Å². The number of rotatable bonds is 8. The second-order valence-corrected chi connectivity index (χ2v) is 12.6. The van der Waals surface area contributed by atoms with Gasteiger partial charge in [-0.25, -0.2) is 13.2 Å². The first-order valence-corrected chi connectivity index (χ1v) is 14.7. The smallest absolute Gasteiger partial charge is 0.405 e. The van der Waals surface area contributed by atoms with Gasteiger partial charge in [0.15, 0.2) is 9.84 Å². The number of sulfone groups is 1. The maximum atomic E-state index is 13.4. The summed E-state index contributed by atoms with van der Waals surface area (Å²) in [4.78, 5) is 33.1. The number of piperazine rings is 1. The lowest BCUT2D eigenvalue weighted by Crippen LogP contribution is -2.48. The lowest BCUT2D eigenvalue weighted by atomic mass is 10.1. The predicted octanol–water partition coefficient (Wildman–Crippen LogP) is 3.61. The van der Waals surface area contributed by atoms with Gasteiger partial charge in [0, 0.05) is 49.4 Å². The van der Waals surface area contributed by atoms with Crippen LogP contribution in [0.25, 0.3) is 10.9 Å². The Hall–Kier alpha value is -2.87. The van der Waals surface area contributed by atoms with Gasteiger partial charge in [0.25, 0.3) is 5.56 Å². The number of benzene rings is 2. The lowest BCUT2D eigenvalue weighted by molar-refractivity contribution is -0.274. The Morgan fingerprint density at radius 3 is 2.30 bits per heavy atom. The molecule has 1 aliphatic rings. The molecule has 4 rings (SSSR count). The van der Waals surface area contributed by atoms with Crippen molar-refractivity contribution in [2.24, 2.45) is 0 Å². The highest BCUT2D eigenvalue weighted by Gasteiger charge is 2.33. The summed E-state index contributed by atoms with van der Waals surface area (Å²) in [5.74, 6) is -0.767. The summed E-state index contributed by atoms with van der Waals surface area (Å²) in [6.07, 6.45) is -5.01. The van der Waals surface area contributed by atoms with E-state index >= 15 is 0 Å². The van der Waals surface area contributed by atoms with Crippen molar-refractivity contribution in [1.82, 2.24) is 19.4 Å². The Balaban J connectivity index is 1.77. The molecule has 0 radical (unpaired) electrons. The van der Waals surface area contributed by atoms with Gasteiger partial charge >= 0.3 is 12.1 Å². The third-order valence-corrected chi connectivity index (χ3v) is 9.05. The summed E-state index contributed by atoms with van der Waals surface area (Å²) >= 11 is 6.06. The first kappa shape index (κ1) is 30.1. The number of fused-ring (bicyclic) bond motifs is 1. The van der Waals surface area contributed by atoms with E-state index in [0.717, 1.165) is 23.7 Å². The number of halogens is 4. The predicted molar refractivity (Wildman–Crippen MR) is 146 cm³/mol. The molecule has 2 aromatic carbocycles. The first-order chi connectivity index (χ1) is 18.7. The summed E-state index contributed by atoms with van der Waals surface area (Å²) in [5, 5.41) is -0.0239. The summed E-state index contributed by atoms with van der Waals surface area (Å²) < 4.78 is 70.2. The Morgan fingerprint density at radius 1 is 1.02 bits per heavy atom. The maximum absolute atomic E-state index is 13.4. The summed E-state index contributed by atoms with van der Waals surface area (Å²) in [5.41, 5.74) is -1.43. The first-order valence-electron chi connectivity index (χ1n) is 12.7. The van der Waals surface area contributed by atoms with Gasteiger partial charge in [-0.1, -0.05) is 18.5 Å². The van der Waals surface area contributed by atoms with Crippen LogP contribution in [0.2, 0.25) is 5.02 Å². The molecule has 0 aliphatic carbocycles. The minimum Gasteiger partial charge on any atom is -0.405 e. The van der Waals surface area contributed by atoms with Crippen LogP contribution in [0.3, 0.4) is 0 Å². The van der Waals surface area contributed by atoms with Crippen LogP contribution in [-0.2, 0) is 22.9 Å². The molecule has 1 aromatic heterocycles. The summed E-state index contributed by atoms with van der Waals surface area (Å²) in [6, 6.07) is 6.65. The Morgan fingerprint density at radius 2 is 1.70 bits per heavy atom. The van der Waals surface area contributed by atoms with Gasteiger partial charge in [-0.05, 0) is 49.7 Å². The van der Waals surface area contributed by atoms with E-state index in [1.807, 2.05) is 4.90 Å². The van der Waals surface area contributed by atoms with Crippen molar-refractivity contribution in [3.05, 3.63) is 67.3 Å². The Labute approximate surface area is 234 Å². The zero-order chi connectivity index (χ0) is 29.4. The highest BCUT2D eigenvalue weighted by atomic mass is 35.5. The molecule has 218 valence electrons. The fourth-order valence-electron chi connectivity index (χ4n) is 4.79. The van der Waals surface area contributed by atoms with Crippen LogP contribution < -0.4 is 16.0 Å². The molecule has 0 saturated carbocycles. The van der Waals surface area contributed by atoms with Gasteiger partial charge in [0.1, 0.15) is 5.75 Å². The average Bonchev–Trinajstić information content (AvgIpc) is 2.87. The van der Waals surface area contributed by atoms with Gasteiger partial charge in [-0.3, -0.25) is 19.2 Å². The number of hydrogen-bond donors (Lipinski definition) is 1. The quantitative estimate of drug-likeness (QED) is 0.420. The van der Waals surface area contributed by atoms with Crippen LogP contribution in [0.5, 0.6) is 5.75 Å². The molecule has 1 fully saturated rings. The van der Waals surface area contributed by atoms with E-state index in [4.69, 9.17) is 11.6 Å². The summed E-state index contributed by atoms with van der Waals surface area (Å²) in [6.45, 7) is 8.02. The number of hydrogen-bond acceptors (Lipinski definition) is 7. The zero-order valence-corrected chi connectivity index (χ0v) is 23.8. The maximum Gasteiger partial charge on any atom is 0.573 e. The average molecular weight is 603 g/mol. The second-order valence-electron chi connectivity index (χ2n) is 9.94. The largest absolute Gasteiger partial charge is 0.573 e. The van der Waals surface area contributed by atoms with Crippen molar-refractivity contribution in [2.75, 3.05) is 31.9 Å². The normalized spacial score (nSPS) is 15.7. The van der Waals surface area contributed by atoms with Crippen LogP contribution >= 0.6 is 11.6 Å². The van der Waals surface area contributed by atoms with Crippen molar-refractivity contribution < 1.29 is 26.3 Å². The van der Waals surface area contributed by atoms with Crippen molar-refractivity contribution in [3.8, 4) is 5.75 Å². The van der Waals surface area contributed by atoms with Crippen molar-refractivity contribution in [1.29, 1.82) is 0 Å². The van der Waals surface area contributed by atoms with Crippen LogP contribution in [-0.4, -0.2) is 72.1 Å². The fourth-order valence-corrected chi connectivity index (χ4v) is 6.10. The van der Waals surface area contributed by atoms with Crippen LogP contribution in [0.15, 0.2) is 44.8 Å². The van der Waals surface area contributed by atoms with E-state index in [2.05, 4.69) is 28.5 Å². The Kier molecular flexibility index (Phi) is 8.69. The van der Waals surface area contributed by atoms with Gasteiger partial charge in [-0.15, -0.1) is 13.2 Å². The van der Waals surface area contributed by atoms with Crippen molar-refractivity contribution in [3.63, 3.8) is 0 Å². The van der Waals surface area contributed by atoms with Crippen molar-refractivity contribution >= 4 is 32.3 Å². The second kappa shape index (κ2) is 11.6. The van der Waals surface area contributed by atoms with E-state index < -0.39 is 39.7 Å². The molecule has 1 N–H and O–H groups in total. The zero-order valence-electron chi connectivity index (χ0n) is 22.2. The van der Waals surface area contributed by atoms with E-state index in [1.165, 1.54) is 31.2 Å². The van der Waals surface area contributed by atoms with Crippen LogP contribution in [0, 0.1) is 0 Å². The molecule has 14 heteroatoms. The molecule has 0 spiro atoms. The molecule has 0 amide bonds. The van der Waals surface area contributed by atoms with Crippen LogP contribution in [0.1, 0.15) is 31.9 Å². The fraction of sp³-hybridized carbons (Fsp3) is 0.462. The third kappa shape index (κ3) is 6.70. The molecular weight excluding hydrogens is 573 g/mol. The molecule has 9 nitrogen and oxygen atoms in total. The molecule has 0 unspecified atom stereocenters. The molecule has 0 atom stereocenters. The minimum absolute atomic E-state index is 0.0455. The van der Waals surface area contributed by atoms with E-state index in [9.17, 15) is 31.2 Å². The van der Waals surface area contributed by atoms with Crippen LogP contribution in [0.4, 0.5) is 13.2 Å². The Bertz CT molecular complexity index is 1630. The van der Waals surface area contributed by atoms with Gasteiger partial charge < -0.3 is 9.72 Å². The highest BCUT2D eigenvalue weighted by Crippen LogP contribution is 2.30. The van der Waals surface area contributed by atoms with E-state index in [1.54, 1.807) is 0 Å². The van der Waals surface area contributed by atoms with Gasteiger partial charge in [0.2, 0.25) is 0 Å². The number of nitrogens with zero attached hydrogens (tertiary/aromatic N) is 3. The molecule has 40 heavy (non-hydrogen) atoms. The standard InChI is InChI=1S/C26H30ClF3N4O5S/c1-4-40(37,38)23-6-5-19(27)11-18(23)15-34-24(35)20-13-22(39-26(28,29)30)17(12-21(20)31-25(34)36)14-32-7-9-33(10-8-32)16(2)3/h5-6,11-13,16H,4,7-10,14-15H2,1-3H3,(H,31,36). The number of ether oxygens (including phenoxy) is 1. The molecule has 1 aliphatic heterocycles. The third-order valence-electron chi connectivity index (χ3n) is 6.99. The molecule has 0 bridgehead atoms. The molecule has 1 saturated heterocycles. The number of H-pyrrole nitrogens is 1. The topological polar surface area (TPSA) is 105 Å². The van der Waals surface area contributed by atoms with Crippen molar-refractivity contribution in [2.45, 2.75) is 51.2 Å².